The Morgan fingerprint density at radius 1 is 1.20 bits per heavy atom. The zero-order chi connectivity index (χ0) is 17.8. The summed E-state index contributed by atoms with van der Waals surface area (Å²) in [6, 6.07) is 14.9. The predicted molar refractivity (Wildman–Crippen MR) is 97.4 cm³/mol. The molecule has 0 aliphatic heterocycles. The zero-order valence-corrected chi connectivity index (χ0v) is 14.7. The first-order valence-corrected chi connectivity index (χ1v) is 8.33. The molecule has 1 heterocycles. The maximum atomic E-state index is 12.3. The fourth-order valence-electron chi connectivity index (χ4n) is 2.49. The minimum atomic E-state index is -0.205. The first-order chi connectivity index (χ1) is 12.0. The number of para-hydroxylation sites is 1. The van der Waals surface area contributed by atoms with Crippen molar-refractivity contribution in [3.8, 4) is 11.4 Å². The van der Waals surface area contributed by atoms with Gasteiger partial charge in [-0.2, -0.15) is 4.80 Å². The summed E-state index contributed by atoms with van der Waals surface area (Å²) in [6.45, 7) is 4.16. The Morgan fingerprint density at radius 2 is 2.00 bits per heavy atom. The number of nitrogens with zero attached hydrogens (tertiary/aromatic N) is 4. The number of hydrogen-bond donors (Lipinski definition) is 1. The molecule has 0 saturated carbocycles. The summed E-state index contributed by atoms with van der Waals surface area (Å²) in [5.41, 5.74) is 2.64. The topological polar surface area (TPSA) is 72.7 Å². The molecule has 2 aromatic carbocycles. The van der Waals surface area contributed by atoms with Crippen LogP contribution in [-0.2, 0) is 11.3 Å². The average Bonchev–Trinajstić information content (AvgIpc) is 3.03. The Kier molecular flexibility index (Phi) is 5.09. The summed E-state index contributed by atoms with van der Waals surface area (Å²) in [5, 5.41) is 15.6. The Balaban J connectivity index is 1.70. The smallest absolute Gasteiger partial charge is 0.248 e. The van der Waals surface area contributed by atoms with Gasteiger partial charge in [-0.15, -0.1) is 10.2 Å². The lowest BCUT2D eigenvalue weighted by Gasteiger charge is -2.13. The molecule has 0 radical (unpaired) electrons. The van der Waals surface area contributed by atoms with Gasteiger partial charge in [0.15, 0.2) is 0 Å². The van der Waals surface area contributed by atoms with Crippen molar-refractivity contribution in [3.63, 3.8) is 0 Å². The summed E-state index contributed by atoms with van der Waals surface area (Å²) in [6.07, 6.45) is 0. The standard InChI is InChI=1S/C18H18ClN5O/c1-12(2)15-8-3-4-9-16(15)20-17(25)11-24-22-18(21-23-24)13-6-5-7-14(19)10-13/h3-10,12H,11H2,1-2H3,(H,20,25). The highest BCUT2D eigenvalue weighted by atomic mass is 35.5. The van der Waals surface area contributed by atoms with E-state index >= 15 is 0 Å². The van der Waals surface area contributed by atoms with Crippen molar-refractivity contribution in [1.82, 2.24) is 20.2 Å². The van der Waals surface area contributed by atoms with E-state index in [1.807, 2.05) is 36.4 Å². The summed E-state index contributed by atoms with van der Waals surface area (Å²) in [4.78, 5) is 13.6. The number of nitrogens with one attached hydrogen (secondary N) is 1. The SMILES string of the molecule is CC(C)c1ccccc1NC(=O)Cn1nnc(-c2cccc(Cl)c2)n1. The minimum absolute atomic E-state index is 0.0139. The molecular formula is C18H18ClN5O. The largest absolute Gasteiger partial charge is 0.324 e. The number of rotatable bonds is 5. The van der Waals surface area contributed by atoms with E-state index in [1.54, 1.807) is 12.1 Å². The number of halogens is 1. The summed E-state index contributed by atoms with van der Waals surface area (Å²) in [7, 11) is 0. The van der Waals surface area contributed by atoms with Gasteiger partial charge in [-0.3, -0.25) is 4.79 Å². The molecule has 3 aromatic rings. The summed E-state index contributed by atoms with van der Waals surface area (Å²) >= 11 is 5.97. The normalized spacial score (nSPS) is 10.9. The summed E-state index contributed by atoms with van der Waals surface area (Å²) in [5.74, 6) is 0.538. The quantitative estimate of drug-likeness (QED) is 0.756. The highest BCUT2D eigenvalue weighted by molar-refractivity contribution is 6.30. The molecule has 6 nitrogen and oxygen atoms in total. The number of carbonyl (C=O) groups is 1. The van der Waals surface area contributed by atoms with Crippen LogP contribution in [0.4, 0.5) is 5.69 Å². The maximum Gasteiger partial charge on any atom is 0.248 e. The molecule has 0 aliphatic rings. The molecule has 25 heavy (non-hydrogen) atoms. The van der Waals surface area contributed by atoms with Crippen molar-refractivity contribution in [2.75, 3.05) is 5.32 Å². The molecular weight excluding hydrogens is 338 g/mol. The molecule has 128 valence electrons. The van der Waals surface area contributed by atoms with Gasteiger partial charge in [0.25, 0.3) is 0 Å². The van der Waals surface area contributed by atoms with Crippen molar-refractivity contribution in [3.05, 3.63) is 59.1 Å². The van der Waals surface area contributed by atoms with Crippen LogP contribution in [0, 0.1) is 0 Å². The molecule has 7 heteroatoms. The lowest BCUT2D eigenvalue weighted by Crippen LogP contribution is -2.21. The lowest BCUT2D eigenvalue weighted by molar-refractivity contribution is -0.117. The van der Waals surface area contributed by atoms with Crippen LogP contribution in [0.5, 0.6) is 0 Å². The van der Waals surface area contributed by atoms with Crippen LogP contribution in [0.1, 0.15) is 25.3 Å². The van der Waals surface area contributed by atoms with E-state index < -0.39 is 0 Å². The molecule has 0 unspecified atom stereocenters. The Hall–Kier alpha value is -2.73. The number of aromatic nitrogens is 4. The van der Waals surface area contributed by atoms with E-state index in [0.29, 0.717) is 16.8 Å². The second kappa shape index (κ2) is 7.44. The van der Waals surface area contributed by atoms with E-state index in [4.69, 9.17) is 11.6 Å². The Labute approximate surface area is 150 Å². The van der Waals surface area contributed by atoms with Gasteiger partial charge < -0.3 is 5.32 Å². The Bertz CT molecular complexity index is 890. The third-order valence-corrected chi connectivity index (χ3v) is 3.91. The van der Waals surface area contributed by atoms with Crippen molar-refractivity contribution in [2.24, 2.45) is 0 Å². The number of anilines is 1. The number of benzene rings is 2. The minimum Gasteiger partial charge on any atom is -0.324 e. The zero-order valence-electron chi connectivity index (χ0n) is 14.0. The van der Waals surface area contributed by atoms with Crippen LogP contribution in [0.15, 0.2) is 48.5 Å². The van der Waals surface area contributed by atoms with Crippen molar-refractivity contribution in [2.45, 2.75) is 26.3 Å². The first-order valence-electron chi connectivity index (χ1n) is 7.95. The third-order valence-electron chi connectivity index (χ3n) is 3.68. The van der Waals surface area contributed by atoms with Gasteiger partial charge in [0.1, 0.15) is 6.54 Å². The van der Waals surface area contributed by atoms with E-state index in [0.717, 1.165) is 16.8 Å². The van der Waals surface area contributed by atoms with Crippen molar-refractivity contribution < 1.29 is 4.79 Å². The maximum absolute atomic E-state index is 12.3. The molecule has 1 N–H and O–H groups in total. The van der Waals surface area contributed by atoms with E-state index in [9.17, 15) is 4.79 Å². The van der Waals surface area contributed by atoms with Gasteiger partial charge in [0.2, 0.25) is 11.7 Å². The van der Waals surface area contributed by atoms with Gasteiger partial charge in [0.05, 0.1) is 0 Å². The lowest BCUT2D eigenvalue weighted by atomic mass is 10.0. The van der Waals surface area contributed by atoms with Crippen LogP contribution >= 0.6 is 11.6 Å². The number of carbonyl (C=O) groups excluding carboxylic acids is 1. The first kappa shape index (κ1) is 17.1. The highest BCUT2D eigenvalue weighted by Gasteiger charge is 2.12. The monoisotopic (exact) mass is 355 g/mol. The van der Waals surface area contributed by atoms with Crippen molar-refractivity contribution in [1.29, 1.82) is 0 Å². The summed E-state index contributed by atoms with van der Waals surface area (Å²) < 4.78 is 0. The van der Waals surface area contributed by atoms with Gasteiger partial charge in [-0.1, -0.05) is 55.8 Å². The van der Waals surface area contributed by atoms with Gasteiger partial charge in [-0.05, 0) is 34.9 Å². The van der Waals surface area contributed by atoms with E-state index in [1.165, 1.54) is 4.80 Å². The molecule has 0 spiro atoms. The molecule has 0 aliphatic carbocycles. The number of hydrogen-bond acceptors (Lipinski definition) is 4. The molecule has 0 fully saturated rings. The van der Waals surface area contributed by atoms with E-state index in [2.05, 4.69) is 34.6 Å². The van der Waals surface area contributed by atoms with Crippen LogP contribution < -0.4 is 5.32 Å². The molecule has 0 saturated heterocycles. The second-order valence-electron chi connectivity index (χ2n) is 5.94. The van der Waals surface area contributed by atoms with Crippen molar-refractivity contribution >= 4 is 23.2 Å². The van der Waals surface area contributed by atoms with Crippen LogP contribution in [0.25, 0.3) is 11.4 Å². The van der Waals surface area contributed by atoms with Gasteiger partial charge in [0, 0.05) is 16.3 Å². The number of amides is 1. The Morgan fingerprint density at radius 3 is 2.76 bits per heavy atom. The highest BCUT2D eigenvalue weighted by Crippen LogP contribution is 2.23. The molecule has 0 bridgehead atoms. The second-order valence-corrected chi connectivity index (χ2v) is 6.38. The molecule has 1 aromatic heterocycles. The van der Waals surface area contributed by atoms with Crippen LogP contribution in [0.2, 0.25) is 5.02 Å². The predicted octanol–water partition coefficient (Wildman–Crippen LogP) is 3.76. The average molecular weight is 356 g/mol. The van der Waals surface area contributed by atoms with Crippen LogP contribution in [0.3, 0.4) is 0 Å². The van der Waals surface area contributed by atoms with Gasteiger partial charge in [-0.25, -0.2) is 0 Å². The molecule has 3 rings (SSSR count). The molecule has 0 atom stereocenters. The molecule has 1 amide bonds. The fourth-order valence-corrected chi connectivity index (χ4v) is 2.68. The number of tetrazole rings is 1. The van der Waals surface area contributed by atoms with Gasteiger partial charge >= 0.3 is 0 Å². The van der Waals surface area contributed by atoms with Crippen LogP contribution in [-0.4, -0.2) is 26.1 Å². The third kappa shape index (κ3) is 4.22. The van der Waals surface area contributed by atoms with E-state index in [-0.39, 0.29) is 12.5 Å². The fraction of sp³-hybridized carbons (Fsp3) is 0.222.